The molecule has 1 unspecified atom stereocenters. The molecule has 0 fully saturated rings. The van der Waals surface area contributed by atoms with Gasteiger partial charge in [-0.1, -0.05) is 90.9 Å². The molecular weight excluding hydrogens is 392 g/mol. The Kier molecular flexibility index (Phi) is 21.8. The van der Waals surface area contributed by atoms with Crippen LogP contribution in [-0.2, 0) is 19.1 Å². The zero-order valence-corrected chi connectivity index (χ0v) is 20.0. The van der Waals surface area contributed by atoms with Crippen LogP contribution < -0.4 is 0 Å². The minimum Gasteiger partial charge on any atom is -0.435 e. The largest absolute Gasteiger partial charge is 0.435 e. The number of esters is 2. The third-order valence-electron chi connectivity index (χ3n) is 5.16. The van der Waals surface area contributed by atoms with Crippen molar-refractivity contribution in [1.82, 2.24) is 0 Å². The standard InChI is InChI=1S/C26H46O5/c1-3-5-7-9-11-13-15-17-19-21-30-25(28)23-24(27)26(29)31-22-20-18-16-14-12-10-8-6-4-2/h19-22,24,27H,3-18,23H2,1-2H3/b21-19+,22-20+. The van der Waals surface area contributed by atoms with Crippen molar-refractivity contribution in [2.75, 3.05) is 0 Å². The van der Waals surface area contributed by atoms with Gasteiger partial charge in [0.15, 0.2) is 6.10 Å². The van der Waals surface area contributed by atoms with Crippen molar-refractivity contribution in [3.63, 3.8) is 0 Å². The molecule has 0 aliphatic carbocycles. The Balaban J connectivity index is 3.67. The molecule has 0 heterocycles. The predicted octanol–water partition coefficient (Wildman–Crippen LogP) is 7.13. The van der Waals surface area contributed by atoms with Crippen molar-refractivity contribution in [3.05, 3.63) is 24.7 Å². The van der Waals surface area contributed by atoms with Crippen molar-refractivity contribution in [2.24, 2.45) is 0 Å². The first-order valence-electron chi connectivity index (χ1n) is 12.5. The highest BCUT2D eigenvalue weighted by atomic mass is 16.5. The molecule has 0 rings (SSSR count). The summed E-state index contributed by atoms with van der Waals surface area (Å²) in [7, 11) is 0. The summed E-state index contributed by atoms with van der Waals surface area (Å²) in [6.07, 6.45) is 23.3. The Bertz CT molecular complexity index is 484. The number of carbonyl (C=O) groups excluding carboxylic acids is 2. The van der Waals surface area contributed by atoms with Gasteiger partial charge in [0, 0.05) is 0 Å². The maximum atomic E-state index is 11.7. The Labute approximate surface area is 190 Å². The van der Waals surface area contributed by atoms with Gasteiger partial charge in [-0.15, -0.1) is 0 Å². The second-order valence-corrected chi connectivity index (χ2v) is 8.21. The lowest BCUT2D eigenvalue weighted by atomic mass is 10.1. The highest BCUT2D eigenvalue weighted by molar-refractivity contribution is 5.82. The van der Waals surface area contributed by atoms with Gasteiger partial charge in [0.1, 0.15) is 0 Å². The molecule has 0 bridgehead atoms. The topological polar surface area (TPSA) is 72.8 Å². The van der Waals surface area contributed by atoms with Gasteiger partial charge < -0.3 is 14.6 Å². The van der Waals surface area contributed by atoms with E-state index < -0.39 is 24.5 Å². The van der Waals surface area contributed by atoms with Crippen molar-refractivity contribution in [2.45, 2.75) is 129 Å². The van der Waals surface area contributed by atoms with Crippen LogP contribution >= 0.6 is 0 Å². The number of carbonyl (C=O) groups is 2. The zero-order chi connectivity index (χ0) is 23.0. The lowest BCUT2D eigenvalue weighted by Crippen LogP contribution is -2.25. The fourth-order valence-corrected chi connectivity index (χ4v) is 3.18. The first-order chi connectivity index (χ1) is 15.1. The van der Waals surface area contributed by atoms with E-state index in [0.717, 1.165) is 25.7 Å². The van der Waals surface area contributed by atoms with Gasteiger partial charge in [-0.05, 0) is 37.8 Å². The number of rotatable bonds is 21. The molecule has 1 atom stereocenters. The number of allylic oxidation sites excluding steroid dienone is 2. The summed E-state index contributed by atoms with van der Waals surface area (Å²) in [5.74, 6) is -1.48. The molecule has 0 aliphatic rings. The molecule has 5 heteroatoms. The Morgan fingerprint density at radius 1 is 0.677 bits per heavy atom. The molecule has 1 N–H and O–H groups in total. The van der Waals surface area contributed by atoms with E-state index in [0.29, 0.717) is 0 Å². The maximum Gasteiger partial charge on any atom is 0.340 e. The molecule has 0 aromatic rings. The van der Waals surface area contributed by atoms with Crippen molar-refractivity contribution >= 4 is 11.9 Å². The number of ether oxygens (including phenoxy) is 2. The van der Waals surface area contributed by atoms with Gasteiger partial charge in [0.25, 0.3) is 0 Å². The molecule has 180 valence electrons. The number of hydrogen-bond acceptors (Lipinski definition) is 5. The molecule has 0 saturated heterocycles. The Hall–Kier alpha value is -1.62. The molecule has 0 aromatic heterocycles. The molecular formula is C26H46O5. The van der Waals surface area contributed by atoms with Crippen molar-refractivity contribution in [3.8, 4) is 0 Å². The summed E-state index contributed by atoms with van der Waals surface area (Å²) in [6, 6.07) is 0. The number of hydrogen-bond donors (Lipinski definition) is 1. The number of aliphatic hydroxyl groups excluding tert-OH is 1. The number of unbranched alkanes of at least 4 members (excludes halogenated alkanes) is 14. The average Bonchev–Trinajstić information content (AvgIpc) is 2.76. The van der Waals surface area contributed by atoms with Crippen molar-refractivity contribution < 1.29 is 24.2 Å². The van der Waals surface area contributed by atoms with E-state index in [-0.39, 0.29) is 0 Å². The predicted molar refractivity (Wildman–Crippen MR) is 126 cm³/mol. The summed E-state index contributed by atoms with van der Waals surface area (Å²) >= 11 is 0. The lowest BCUT2D eigenvalue weighted by Gasteiger charge is -2.06. The van der Waals surface area contributed by atoms with Gasteiger partial charge in [-0.25, -0.2) is 4.79 Å². The van der Waals surface area contributed by atoms with Gasteiger partial charge in [-0.2, -0.15) is 0 Å². The van der Waals surface area contributed by atoms with E-state index in [2.05, 4.69) is 13.8 Å². The molecule has 5 nitrogen and oxygen atoms in total. The average molecular weight is 439 g/mol. The normalized spacial score (nSPS) is 12.5. The Morgan fingerprint density at radius 2 is 1.10 bits per heavy atom. The summed E-state index contributed by atoms with van der Waals surface area (Å²) in [5, 5.41) is 9.76. The van der Waals surface area contributed by atoms with E-state index in [4.69, 9.17) is 9.47 Å². The van der Waals surface area contributed by atoms with Crippen LogP contribution in [0.25, 0.3) is 0 Å². The highest BCUT2D eigenvalue weighted by Crippen LogP contribution is 2.10. The molecule has 0 aromatic carbocycles. The minimum absolute atomic E-state index is 0.411. The van der Waals surface area contributed by atoms with Crippen LogP contribution in [0.4, 0.5) is 0 Å². The van der Waals surface area contributed by atoms with Crippen LogP contribution in [0.2, 0.25) is 0 Å². The first kappa shape index (κ1) is 29.4. The SMILES string of the molecule is CCCCCCCCC/C=C/OC(=O)CC(O)C(=O)O/C=C/CCCCCCCCC. The van der Waals surface area contributed by atoms with Gasteiger partial charge in [0.05, 0.1) is 18.9 Å². The molecule has 0 spiro atoms. The Morgan fingerprint density at radius 3 is 1.58 bits per heavy atom. The third kappa shape index (κ3) is 21.4. The second-order valence-electron chi connectivity index (χ2n) is 8.21. The van der Waals surface area contributed by atoms with Crippen LogP contribution in [0, 0.1) is 0 Å². The van der Waals surface area contributed by atoms with Gasteiger partial charge >= 0.3 is 11.9 Å². The summed E-state index contributed by atoms with van der Waals surface area (Å²) in [6.45, 7) is 4.42. The van der Waals surface area contributed by atoms with Gasteiger partial charge in [-0.3, -0.25) is 4.79 Å². The molecule has 0 aliphatic heterocycles. The number of aliphatic hydroxyl groups is 1. The van der Waals surface area contributed by atoms with E-state index in [1.54, 1.807) is 12.2 Å². The quantitative estimate of drug-likeness (QED) is 0.117. The zero-order valence-electron chi connectivity index (χ0n) is 20.0. The van der Waals surface area contributed by atoms with Crippen LogP contribution in [0.3, 0.4) is 0 Å². The lowest BCUT2D eigenvalue weighted by molar-refractivity contribution is -0.153. The van der Waals surface area contributed by atoms with Crippen LogP contribution in [-0.4, -0.2) is 23.1 Å². The van der Waals surface area contributed by atoms with E-state index in [9.17, 15) is 14.7 Å². The smallest absolute Gasteiger partial charge is 0.340 e. The fourth-order valence-electron chi connectivity index (χ4n) is 3.18. The maximum absolute atomic E-state index is 11.7. The van der Waals surface area contributed by atoms with E-state index in [1.165, 1.54) is 89.6 Å². The van der Waals surface area contributed by atoms with Crippen LogP contribution in [0.1, 0.15) is 123 Å². The van der Waals surface area contributed by atoms with Gasteiger partial charge in [0.2, 0.25) is 0 Å². The van der Waals surface area contributed by atoms with E-state index in [1.807, 2.05) is 0 Å². The molecule has 0 saturated carbocycles. The van der Waals surface area contributed by atoms with Crippen LogP contribution in [0.5, 0.6) is 0 Å². The summed E-state index contributed by atoms with van der Waals surface area (Å²) < 4.78 is 9.80. The summed E-state index contributed by atoms with van der Waals surface area (Å²) in [5.41, 5.74) is 0. The third-order valence-corrected chi connectivity index (χ3v) is 5.16. The highest BCUT2D eigenvalue weighted by Gasteiger charge is 2.20. The second kappa shape index (κ2) is 23.1. The fraction of sp³-hybridized carbons (Fsp3) is 0.769. The van der Waals surface area contributed by atoms with Crippen molar-refractivity contribution in [1.29, 1.82) is 0 Å². The molecule has 31 heavy (non-hydrogen) atoms. The summed E-state index contributed by atoms with van der Waals surface area (Å²) in [4.78, 5) is 23.4. The van der Waals surface area contributed by atoms with E-state index >= 15 is 0 Å². The molecule has 0 amide bonds. The molecule has 0 radical (unpaired) electrons. The van der Waals surface area contributed by atoms with Crippen LogP contribution in [0.15, 0.2) is 24.7 Å². The monoisotopic (exact) mass is 438 g/mol. The minimum atomic E-state index is -1.51. The first-order valence-corrected chi connectivity index (χ1v) is 12.5.